The van der Waals surface area contributed by atoms with Crippen molar-refractivity contribution >= 4 is 17.3 Å². The predicted molar refractivity (Wildman–Crippen MR) is 82.4 cm³/mol. The number of nitrogens with one attached hydrogen (secondary N) is 1. The summed E-state index contributed by atoms with van der Waals surface area (Å²) in [6.07, 6.45) is 0. The molecule has 6 nitrogen and oxygen atoms in total. The zero-order valence-corrected chi connectivity index (χ0v) is 12.5. The van der Waals surface area contributed by atoms with Crippen LogP contribution >= 0.6 is 0 Å². The van der Waals surface area contributed by atoms with Gasteiger partial charge in [-0.05, 0) is 32.9 Å². The first-order chi connectivity index (χ1) is 10.0. The number of hydrogen-bond donors (Lipinski definition) is 2. The van der Waals surface area contributed by atoms with E-state index in [1.54, 1.807) is 10.7 Å². The molecule has 0 unspecified atom stereocenters. The van der Waals surface area contributed by atoms with Gasteiger partial charge < -0.3 is 15.8 Å². The van der Waals surface area contributed by atoms with E-state index in [1.807, 2.05) is 39.0 Å². The quantitative estimate of drug-likeness (QED) is 0.883. The molecule has 0 atom stereocenters. The van der Waals surface area contributed by atoms with Gasteiger partial charge in [-0.3, -0.25) is 9.48 Å². The minimum atomic E-state index is -0.173. The smallest absolute Gasteiger partial charge is 0.246 e. The lowest BCUT2D eigenvalue weighted by Gasteiger charge is -2.11. The fourth-order valence-corrected chi connectivity index (χ4v) is 2.04. The first-order valence-electron chi connectivity index (χ1n) is 6.84. The van der Waals surface area contributed by atoms with Gasteiger partial charge in [0.25, 0.3) is 0 Å². The summed E-state index contributed by atoms with van der Waals surface area (Å²) < 4.78 is 7.08. The van der Waals surface area contributed by atoms with Crippen LogP contribution in [-0.2, 0) is 11.3 Å². The van der Waals surface area contributed by atoms with E-state index in [1.165, 1.54) is 0 Å². The molecule has 0 aliphatic carbocycles. The topological polar surface area (TPSA) is 82.2 Å². The number of carbonyl (C=O) groups is 1. The Morgan fingerprint density at radius 2 is 2.10 bits per heavy atom. The van der Waals surface area contributed by atoms with E-state index in [0.29, 0.717) is 23.7 Å². The van der Waals surface area contributed by atoms with Crippen molar-refractivity contribution in [2.75, 3.05) is 17.7 Å². The Hall–Kier alpha value is -2.50. The number of aromatic nitrogens is 2. The number of hydrogen-bond acceptors (Lipinski definition) is 4. The number of rotatable bonds is 5. The van der Waals surface area contributed by atoms with Crippen LogP contribution in [0.3, 0.4) is 0 Å². The molecule has 1 aromatic carbocycles. The largest absolute Gasteiger partial charge is 0.492 e. The van der Waals surface area contributed by atoms with Crippen molar-refractivity contribution in [3.63, 3.8) is 0 Å². The Morgan fingerprint density at radius 3 is 2.71 bits per heavy atom. The van der Waals surface area contributed by atoms with Gasteiger partial charge in [-0.25, -0.2) is 0 Å². The van der Waals surface area contributed by atoms with Crippen molar-refractivity contribution in [3.05, 3.63) is 35.7 Å². The van der Waals surface area contributed by atoms with E-state index in [0.717, 1.165) is 11.4 Å². The van der Waals surface area contributed by atoms with Crippen LogP contribution in [0.5, 0.6) is 5.75 Å². The number of nitrogens with two attached hydrogens (primary N) is 1. The van der Waals surface area contributed by atoms with Gasteiger partial charge >= 0.3 is 0 Å². The highest BCUT2D eigenvalue weighted by Gasteiger charge is 2.13. The minimum Gasteiger partial charge on any atom is -0.492 e. The molecule has 1 aromatic heterocycles. The Bertz CT molecular complexity index is 649. The monoisotopic (exact) mass is 288 g/mol. The fraction of sp³-hybridized carbons (Fsp3) is 0.333. The van der Waals surface area contributed by atoms with Crippen LogP contribution < -0.4 is 15.8 Å². The second-order valence-corrected chi connectivity index (χ2v) is 4.72. The Balaban J connectivity index is 2.10. The number of carbonyl (C=O) groups excluding carboxylic acids is 1. The van der Waals surface area contributed by atoms with Crippen LogP contribution in [0.1, 0.15) is 18.3 Å². The molecular formula is C15H20N4O2. The summed E-state index contributed by atoms with van der Waals surface area (Å²) >= 11 is 0. The number of nitrogens with zero attached hydrogens (tertiary/aromatic N) is 2. The van der Waals surface area contributed by atoms with Gasteiger partial charge in [0.05, 0.1) is 29.4 Å². The highest BCUT2D eigenvalue weighted by Crippen LogP contribution is 2.23. The zero-order valence-electron chi connectivity index (χ0n) is 12.5. The van der Waals surface area contributed by atoms with E-state index in [-0.39, 0.29) is 12.5 Å². The lowest BCUT2D eigenvalue weighted by atomic mass is 10.3. The van der Waals surface area contributed by atoms with Crippen molar-refractivity contribution in [2.24, 2.45) is 0 Å². The number of amides is 1. The van der Waals surface area contributed by atoms with Crippen LogP contribution in [0.4, 0.5) is 11.4 Å². The molecule has 0 spiro atoms. The first kappa shape index (κ1) is 14.9. The number of aryl methyl sites for hydroxylation is 1. The Labute approximate surface area is 123 Å². The number of anilines is 2. The zero-order chi connectivity index (χ0) is 15.4. The molecule has 1 heterocycles. The van der Waals surface area contributed by atoms with E-state index >= 15 is 0 Å². The highest BCUT2D eigenvalue weighted by molar-refractivity contribution is 5.92. The third kappa shape index (κ3) is 3.34. The fourth-order valence-electron chi connectivity index (χ4n) is 2.04. The molecule has 0 saturated heterocycles. The van der Waals surface area contributed by atoms with Crippen LogP contribution in [0.25, 0.3) is 0 Å². The van der Waals surface area contributed by atoms with Crippen LogP contribution in [0.2, 0.25) is 0 Å². The standard InChI is InChI=1S/C15H20N4O2/c1-4-21-13-8-6-5-7-12(13)17-14(20)9-19-11(3)15(16)10(2)18-19/h5-8H,4,9,16H2,1-3H3,(H,17,20). The van der Waals surface area contributed by atoms with Gasteiger partial charge in [-0.2, -0.15) is 5.10 Å². The number of benzene rings is 1. The Kier molecular flexibility index (Phi) is 4.47. The molecule has 3 N–H and O–H groups in total. The maximum absolute atomic E-state index is 12.1. The average Bonchev–Trinajstić information content (AvgIpc) is 2.69. The minimum absolute atomic E-state index is 0.115. The summed E-state index contributed by atoms with van der Waals surface area (Å²) in [4.78, 5) is 12.1. The molecule has 0 aliphatic heterocycles. The van der Waals surface area contributed by atoms with E-state index in [9.17, 15) is 4.79 Å². The van der Waals surface area contributed by atoms with Crippen LogP contribution in [0.15, 0.2) is 24.3 Å². The normalized spacial score (nSPS) is 10.4. The van der Waals surface area contributed by atoms with Crippen LogP contribution in [0, 0.1) is 13.8 Å². The summed E-state index contributed by atoms with van der Waals surface area (Å²) in [5, 5.41) is 7.08. The predicted octanol–water partition coefficient (Wildman–Crippen LogP) is 2.12. The van der Waals surface area contributed by atoms with Crippen molar-refractivity contribution in [2.45, 2.75) is 27.3 Å². The first-order valence-corrected chi connectivity index (χ1v) is 6.84. The third-order valence-electron chi connectivity index (χ3n) is 3.19. The molecular weight excluding hydrogens is 268 g/mol. The number of ether oxygens (including phenoxy) is 1. The average molecular weight is 288 g/mol. The van der Waals surface area contributed by atoms with E-state index < -0.39 is 0 Å². The van der Waals surface area contributed by atoms with Crippen molar-refractivity contribution in [3.8, 4) is 5.75 Å². The summed E-state index contributed by atoms with van der Waals surface area (Å²) in [5.41, 5.74) is 8.66. The molecule has 2 aromatic rings. The van der Waals surface area contributed by atoms with Gasteiger partial charge in [0, 0.05) is 0 Å². The molecule has 0 fully saturated rings. The molecule has 0 bridgehead atoms. The van der Waals surface area contributed by atoms with Gasteiger partial charge in [-0.1, -0.05) is 12.1 Å². The van der Waals surface area contributed by atoms with Gasteiger partial charge in [0.2, 0.25) is 5.91 Å². The van der Waals surface area contributed by atoms with E-state index in [2.05, 4.69) is 10.4 Å². The second kappa shape index (κ2) is 6.30. The maximum Gasteiger partial charge on any atom is 0.246 e. The lowest BCUT2D eigenvalue weighted by molar-refractivity contribution is -0.116. The van der Waals surface area contributed by atoms with Gasteiger partial charge in [0.1, 0.15) is 12.3 Å². The summed E-state index contributed by atoms with van der Waals surface area (Å²) in [6, 6.07) is 7.33. The molecule has 21 heavy (non-hydrogen) atoms. The summed E-state index contributed by atoms with van der Waals surface area (Å²) in [6.45, 7) is 6.22. The molecule has 6 heteroatoms. The highest BCUT2D eigenvalue weighted by atomic mass is 16.5. The molecule has 112 valence electrons. The summed E-state index contributed by atoms with van der Waals surface area (Å²) in [7, 11) is 0. The molecule has 2 rings (SSSR count). The lowest BCUT2D eigenvalue weighted by Crippen LogP contribution is -2.20. The number of para-hydroxylation sites is 2. The second-order valence-electron chi connectivity index (χ2n) is 4.72. The maximum atomic E-state index is 12.1. The molecule has 1 amide bonds. The Morgan fingerprint density at radius 1 is 1.38 bits per heavy atom. The van der Waals surface area contributed by atoms with Crippen molar-refractivity contribution < 1.29 is 9.53 Å². The van der Waals surface area contributed by atoms with Crippen LogP contribution in [-0.4, -0.2) is 22.3 Å². The molecule has 0 aliphatic rings. The van der Waals surface area contributed by atoms with Crippen molar-refractivity contribution in [1.29, 1.82) is 0 Å². The van der Waals surface area contributed by atoms with Crippen molar-refractivity contribution in [1.82, 2.24) is 9.78 Å². The van der Waals surface area contributed by atoms with Gasteiger partial charge in [-0.15, -0.1) is 0 Å². The number of nitrogen functional groups attached to an aromatic ring is 1. The van der Waals surface area contributed by atoms with Gasteiger partial charge in [0.15, 0.2) is 0 Å². The third-order valence-corrected chi connectivity index (χ3v) is 3.19. The summed E-state index contributed by atoms with van der Waals surface area (Å²) in [5.74, 6) is 0.481. The molecule has 0 radical (unpaired) electrons. The SMILES string of the molecule is CCOc1ccccc1NC(=O)Cn1nc(C)c(N)c1C. The van der Waals surface area contributed by atoms with E-state index in [4.69, 9.17) is 10.5 Å². The molecule has 0 saturated carbocycles.